The molecule has 0 saturated carbocycles. The van der Waals surface area contributed by atoms with Crippen molar-refractivity contribution < 1.29 is 0 Å². The van der Waals surface area contributed by atoms with E-state index in [-0.39, 0.29) is 5.54 Å². The predicted octanol–water partition coefficient (Wildman–Crippen LogP) is 2.82. The monoisotopic (exact) mass is 295 g/mol. The largest absolute Gasteiger partial charge is 0.311 e. The average Bonchev–Trinajstić information content (AvgIpc) is 2.35. The minimum Gasteiger partial charge on any atom is -0.311 e. The predicted molar refractivity (Wildman–Crippen MR) is 91.7 cm³/mol. The summed E-state index contributed by atoms with van der Waals surface area (Å²) in [6.45, 7) is 17.8. The summed E-state index contributed by atoms with van der Waals surface area (Å²) in [6, 6.07) is 0.853. The van der Waals surface area contributed by atoms with Gasteiger partial charge >= 0.3 is 0 Å². The molecule has 0 aromatic rings. The van der Waals surface area contributed by atoms with Crippen LogP contribution in [-0.4, -0.2) is 61.2 Å². The molecule has 3 nitrogen and oxygen atoms in total. The van der Waals surface area contributed by atoms with Crippen LogP contribution in [0.25, 0.3) is 0 Å². The normalized spacial score (nSPS) is 29.4. The molecule has 2 saturated heterocycles. The number of nitrogens with zero attached hydrogens (tertiary/aromatic N) is 2. The van der Waals surface area contributed by atoms with E-state index in [0.717, 1.165) is 18.5 Å². The summed E-state index contributed by atoms with van der Waals surface area (Å²) in [7, 11) is 2.32. The Balaban J connectivity index is 1.83. The summed E-state index contributed by atoms with van der Waals surface area (Å²) in [4.78, 5) is 5.34. The van der Waals surface area contributed by atoms with Gasteiger partial charge in [-0.25, -0.2) is 0 Å². The van der Waals surface area contributed by atoms with E-state index in [4.69, 9.17) is 0 Å². The zero-order valence-corrected chi connectivity index (χ0v) is 15.2. The molecular weight excluding hydrogens is 258 g/mol. The molecule has 0 aliphatic carbocycles. The van der Waals surface area contributed by atoms with Gasteiger partial charge in [0.05, 0.1) is 0 Å². The first-order chi connectivity index (χ1) is 9.66. The number of hydrogen-bond acceptors (Lipinski definition) is 3. The fourth-order valence-electron chi connectivity index (χ4n) is 4.04. The van der Waals surface area contributed by atoms with E-state index in [1.165, 1.54) is 45.4 Å². The second kappa shape index (κ2) is 6.55. The molecule has 0 spiro atoms. The number of hydrogen-bond donors (Lipinski definition) is 1. The average molecular weight is 296 g/mol. The highest BCUT2D eigenvalue weighted by molar-refractivity contribution is 4.91. The van der Waals surface area contributed by atoms with E-state index >= 15 is 0 Å². The summed E-state index contributed by atoms with van der Waals surface area (Å²) in [5.41, 5.74) is 0.566. The second-order valence-corrected chi connectivity index (χ2v) is 9.24. The van der Waals surface area contributed by atoms with E-state index in [2.05, 4.69) is 56.8 Å². The third kappa shape index (κ3) is 5.22. The molecule has 2 aliphatic heterocycles. The van der Waals surface area contributed by atoms with Crippen LogP contribution in [0.15, 0.2) is 0 Å². The first kappa shape index (κ1) is 17.2. The lowest BCUT2D eigenvalue weighted by Gasteiger charge is -2.47. The molecular formula is C18H37N3. The van der Waals surface area contributed by atoms with Crippen LogP contribution in [0.2, 0.25) is 0 Å². The lowest BCUT2D eigenvalue weighted by atomic mass is 9.82. The summed E-state index contributed by atoms with van der Waals surface area (Å²) >= 11 is 0. The van der Waals surface area contributed by atoms with Crippen molar-refractivity contribution in [2.24, 2.45) is 11.3 Å². The van der Waals surface area contributed by atoms with Gasteiger partial charge < -0.3 is 15.1 Å². The minimum absolute atomic E-state index is 0.219. The van der Waals surface area contributed by atoms with Crippen molar-refractivity contribution in [3.05, 3.63) is 0 Å². The van der Waals surface area contributed by atoms with Gasteiger partial charge in [0.2, 0.25) is 0 Å². The third-order valence-corrected chi connectivity index (χ3v) is 5.18. The topological polar surface area (TPSA) is 18.5 Å². The fourth-order valence-corrected chi connectivity index (χ4v) is 4.04. The number of rotatable bonds is 4. The first-order valence-corrected chi connectivity index (χ1v) is 8.84. The standard InChI is InChI=1S/C18H37N3/c1-17(2,3)19-13-18(4,5)14-21-11-9-16-15(12-21)8-7-10-20(16)6/h15-16,19H,7-14H2,1-6H3. The van der Waals surface area contributed by atoms with Crippen LogP contribution in [-0.2, 0) is 0 Å². The maximum Gasteiger partial charge on any atom is 0.0145 e. The van der Waals surface area contributed by atoms with Crippen LogP contribution in [0.1, 0.15) is 53.9 Å². The zero-order valence-electron chi connectivity index (χ0n) is 15.2. The smallest absolute Gasteiger partial charge is 0.0145 e. The molecule has 2 rings (SSSR count). The molecule has 1 N–H and O–H groups in total. The van der Waals surface area contributed by atoms with E-state index in [9.17, 15) is 0 Å². The van der Waals surface area contributed by atoms with Crippen LogP contribution in [0.5, 0.6) is 0 Å². The second-order valence-electron chi connectivity index (χ2n) is 9.24. The van der Waals surface area contributed by atoms with Gasteiger partial charge in [0.1, 0.15) is 0 Å². The molecule has 21 heavy (non-hydrogen) atoms. The summed E-state index contributed by atoms with van der Waals surface area (Å²) in [6.07, 6.45) is 4.19. The molecule has 2 heterocycles. The molecule has 0 bridgehead atoms. The Hall–Kier alpha value is -0.120. The van der Waals surface area contributed by atoms with Gasteiger partial charge in [-0.15, -0.1) is 0 Å². The molecule has 2 unspecified atom stereocenters. The van der Waals surface area contributed by atoms with Crippen molar-refractivity contribution in [3.63, 3.8) is 0 Å². The third-order valence-electron chi connectivity index (χ3n) is 5.18. The van der Waals surface area contributed by atoms with Gasteiger partial charge in [-0.1, -0.05) is 13.8 Å². The van der Waals surface area contributed by atoms with E-state index in [1.54, 1.807) is 0 Å². The van der Waals surface area contributed by atoms with Gasteiger partial charge in [-0.05, 0) is 71.5 Å². The number of fused-ring (bicyclic) bond motifs is 1. The summed E-state index contributed by atoms with van der Waals surface area (Å²) in [5, 5.41) is 3.68. The lowest BCUT2D eigenvalue weighted by molar-refractivity contribution is 0.0233. The van der Waals surface area contributed by atoms with Crippen LogP contribution in [0.3, 0.4) is 0 Å². The first-order valence-electron chi connectivity index (χ1n) is 8.84. The quantitative estimate of drug-likeness (QED) is 0.860. The van der Waals surface area contributed by atoms with Gasteiger partial charge in [0.15, 0.2) is 0 Å². The van der Waals surface area contributed by atoms with Crippen LogP contribution >= 0.6 is 0 Å². The van der Waals surface area contributed by atoms with Crippen molar-refractivity contribution in [3.8, 4) is 0 Å². The summed E-state index contributed by atoms with van der Waals surface area (Å²) < 4.78 is 0. The summed E-state index contributed by atoms with van der Waals surface area (Å²) in [5.74, 6) is 0.906. The highest BCUT2D eigenvalue weighted by Crippen LogP contribution is 2.31. The molecule has 0 amide bonds. The van der Waals surface area contributed by atoms with Crippen molar-refractivity contribution in [1.29, 1.82) is 0 Å². The van der Waals surface area contributed by atoms with Crippen molar-refractivity contribution >= 4 is 0 Å². The SMILES string of the molecule is CN1CCCC2CN(CC(C)(C)CNC(C)(C)C)CCC21. The molecule has 0 radical (unpaired) electrons. The highest BCUT2D eigenvalue weighted by Gasteiger charge is 2.35. The molecule has 0 aromatic carbocycles. The van der Waals surface area contributed by atoms with Crippen LogP contribution < -0.4 is 5.32 Å². The van der Waals surface area contributed by atoms with Crippen molar-refractivity contribution in [1.82, 2.24) is 15.1 Å². The van der Waals surface area contributed by atoms with E-state index in [0.29, 0.717) is 5.41 Å². The fraction of sp³-hybridized carbons (Fsp3) is 1.00. The van der Waals surface area contributed by atoms with Gasteiger partial charge in [0, 0.05) is 31.2 Å². The number of nitrogens with one attached hydrogen (secondary N) is 1. The van der Waals surface area contributed by atoms with E-state index < -0.39 is 0 Å². The number of likely N-dealkylation sites (tertiary alicyclic amines) is 2. The molecule has 3 heteroatoms. The molecule has 2 atom stereocenters. The van der Waals surface area contributed by atoms with Gasteiger partial charge in [-0.2, -0.15) is 0 Å². The Labute approximate surface area is 132 Å². The Kier molecular flexibility index (Phi) is 5.38. The number of piperidine rings is 2. The molecule has 124 valence electrons. The minimum atomic E-state index is 0.219. The molecule has 2 fully saturated rings. The molecule has 2 aliphatic rings. The van der Waals surface area contributed by atoms with Crippen molar-refractivity contribution in [2.45, 2.75) is 65.5 Å². The van der Waals surface area contributed by atoms with Gasteiger partial charge in [0.25, 0.3) is 0 Å². The molecule has 0 aromatic heterocycles. The zero-order chi connectivity index (χ0) is 15.7. The Bertz CT molecular complexity index is 332. The maximum absolute atomic E-state index is 3.68. The highest BCUT2D eigenvalue weighted by atomic mass is 15.2. The van der Waals surface area contributed by atoms with Crippen LogP contribution in [0, 0.1) is 11.3 Å². The Morgan fingerprint density at radius 3 is 2.43 bits per heavy atom. The van der Waals surface area contributed by atoms with Crippen molar-refractivity contribution in [2.75, 3.05) is 39.8 Å². The maximum atomic E-state index is 3.68. The Morgan fingerprint density at radius 2 is 1.76 bits per heavy atom. The Morgan fingerprint density at radius 1 is 1.05 bits per heavy atom. The van der Waals surface area contributed by atoms with E-state index in [1.807, 2.05) is 0 Å². The van der Waals surface area contributed by atoms with Crippen LogP contribution in [0.4, 0.5) is 0 Å². The van der Waals surface area contributed by atoms with Gasteiger partial charge in [-0.3, -0.25) is 0 Å². The lowest BCUT2D eigenvalue weighted by Crippen LogP contribution is -2.55.